The van der Waals surface area contributed by atoms with Gasteiger partial charge in [0.25, 0.3) is 0 Å². The lowest BCUT2D eigenvalue weighted by atomic mass is 10.2. The molecule has 1 N–H and O–H groups in total. The zero-order valence-corrected chi connectivity index (χ0v) is 13.9. The van der Waals surface area contributed by atoms with Crippen molar-refractivity contribution in [1.29, 1.82) is 0 Å². The largest absolute Gasteiger partial charge is 0.345 e. The molecule has 0 aromatic rings. The van der Waals surface area contributed by atoms with E-state index < -0.39 is 0 Å². The van der Waals surface area contributed by atoms with Crippen molar-refractivity contribution in [2.75, 3.05) is 33.7 Å². The van der Waals surface area contributed by atoms with E-state index in [1.165, 1.54) is 0 Å². The van der Waals surface area contributed by atoms with E-state index >= 15 is 0 Å². The molecule has 0 unspecified atom stereocenters. The number of hydrogen-bond donors (Lipinski definition) is 1. The van der Waals surface area contributed by atoms with Gasteiger partial charge in [0.1, 0.15) is 6.42 Å². The first-order valence-electron chi connectivity index (χ1n) is 7.45. The highest BCUT2D eigenvalue weighted by atomic mass is 16.2. The van der Waals surface area contributed by atoms with Crippen LogP contribution in [0.15, 0.2) is 0 Å². The molecule has 0 fully saturated rings. The molecule has 0 spiro atoms. The molecule has 0 aromatic carbocycles. The number of rotatable bonds is 9. The number of nitrogens with one attached hydrogen (secondary N) is 1. The van der Waals surface area contributed by atoms with E-state index in [1.54, 1.807) is 23.9 Å². The van der Waals surface area contributed by atoms with Gasteiger partial charge in [-0.05, 0) is 18.9 Å². The van der Waals surface area contributed by atoms with Gasteiger partial charge in [0, 0.05) is 33.2 Å². The molecule has 5 heteroatoms. The summed E-state index contributed by atoms with van der Waals surface area (Å²) in [4.78, 5) is 27.1. The maximum Gasteiger partial charge on any atom is 0.231 e. The quantitative estimate of drug-likeness (QED) is 0.514. The van der Waals surface area contributed by atoms with E-state index in [9.17, 15) is 9.59 Å². The number of carbonyl (C=O) groups excluding carboxylic acids is 2. The van der Waals surface area contributed by atoms with Crippen LogP contribution in [0.4, 0.5) is 0 Å². The molecule has 118 valence electrons. The van der Waals surface area contributed by atoms with Crippen molar-refractivity contribution in [3.05, 3.63) is 0 Å². The Kier molecular flexibility index (Phi) is 9.21. The van der Waals surface area contributed by atoms with Gasteiger partial charge in [-0.15, -0.1) is 0 Å². The fourth-order valence-electron chi connectivity index (χ4n) is 1.88. The van der Waals surface area contributed by atoms with E-state index in [-0.39, 0.29) is 18.2 Å². The Morgan fingerprint density at radius 2 is 1.55 bits per heavy atom. The van der Waals surface area contributed by atoms with E-state index in [0.717, 1.165) is 13.0 Å². The van der Waals surface area contributed by atoms with Gasteiger partial charge >= 0.3 is 0 Å². The lowest BCUT2D eigenvalue weighted by Gasteiger charge is -2.22. The van der Waals surface area contributed by atoms with E-state index in [1.807, 2.05) is 0 Å². The Bertz CT molecular complexity index is 303. The predicted octanol–water partition coefficient (Wildman–Crippen LogP) is 1.34. The first-order valence-corrected chi connectivity index (χ1v) is 7.45. The van der Waals surface area contributed by atoms with Gasteiger partial charge in [-0.1, -0.05) is 27.7 Å². The smallest absolute Gasteiger partial charge is 0.231 e. The minimum atomic E-state index is -0.102. The van der Waals surface area contributed by atoms with E-state index in [2.05, 4.69) is 33.0 Å². The van der Waals surface area contributed by atoms with Crippen LogP contribution in [0.1, 0.15) is 40.5 Å². The summed E-state index contributed by atoms with van der Waals surface area (Å²) in [6.07, 6.45) is 0.869. The summed E-state index contributed by atoms with van der Waals surface area (Å²) in [5.41, 5.74) is 0. The monoisotopic (exact) mass is 285 g/mol. The second-order valence-corrected chi connectivity index (χ2v) is 6.12. The van der Waals surface area contributed by atoms with Crippen LogP contribution in [-0.4, -0.2) is 61.4 Å². The highest BCUT2D eigenvalue weighted by Gasteiger charge is 2.17. The molecule has 2 amide bonds. The summed E-state index contributed by atoms with van der Waals surface area (Å²) in [5, 5.41) is 3.31. The minimum Gasteiger partial charge on any atom is -0.345 e. The zero-order valence-electron chi connectivity index (χ0n) is 13.9. The normalized spacial score (nSPS) is 11.0. The number of nitrogens with zero attached hydrogens (tertiary/aromatic N) is 2. The molecule has 0 heterocycles. The van der Waals surface area contributed by atoms with Gasteiger partial charge < -0.3 is 15.1 Å². The van der Waals surface area contributed by atoms with Crippen molar-refractivity contribution in [2.24, 2.45) is 5.92 Å². The van der Waals surface area contributed by atoms with Crippen molar-refractivity contribution in [2.45, 2.75) is 46.6 Å². The third-order valence-electron chi connectivity index (χ3n) is 3.02. The standard InChI is InChI=1S/C15H31N3O2/c1-12(2)11-18(6)15(20)10-14(19)17(5)9-7-8-16-13(3)4/h12-13,16H,7-11H2,1-6H3. The number of amides is 2. The van der Waals surface area contributed by atoms with Gasteiger partial charge in [0.05, 0.1) is 0 Å². The van der Waals surface area contributed by atoms with Crippen molar-refractivity contribution >= 4 is 11.8 Å². The van der Waals surface area contributed by atoms with Crippen molar-refractivity contribution in [1.82, 2.24) is 15.1 Å². The Morgan fingerprint density at radius 3 is 2.05 bits per heavy atom. The Hall–Kier alpha value is -1.10. The second-order valence-electron chi connectivity index (χ2n) is 6.12. The predicted molar refractivity (Wildman–Crippen MR) is 82.5 cm³/mol. The van der Waals surface area contributed by atoms with Gasteiger partial charge in [0.2, 0.25) is 11.8 Å². The average molecular weight is 285 g/mol. The molecule has 5 nitrogen and oxygen atoms in total. The molecule has 20 heavy (non-hydrogen) atoms. The molecular weight excluding hydrogens is 254 g/mol. The van der Waals surface area contributed by atoms with Crippen LogP contribution in [0.2, 0.25) is 0 Å². The lowest BCUT2D eigenvalue weighted by molar-refractivity contribution is -0.139. The van der Waals surface area contributed by atoms with Crippen molar-refractivity contribution < 1.29 is 9.59 Å². The topological polar surface area (TPSA) is 52.7 Å². The molecule has 0 atom stereocenters. The van der Waals surface area contributed by atoms with Crippen molar-refractivity contribution in [3.63, 3.8) is 0 Å². The molecule has 0 bridgehead atoms. The van der Waals surface area contributed by atoms with Gasteiger partial charge in [-0.3, -0.25) is 9.59 Å². The summed E-state index contributed by atoms with van der Waals surface area (Å²) in [6, 6.07) is 0.460. The fourth-order valence-corrected chi connectivity index (χ4v) is 1.88. The Labute approximate surface area is 123 Å². The SMILES string of the molecule is CC(C)CN(C)C(=O)CC(=O)N(C)CCCNC(C)C. The lowest BCUT2D eigenvalue weighted by Crippen LogP contribution is -2.37. The Balaban J connectivity index is 3.97. The highest BCUT2D eigenvalue weighted by molar-refractivity contribution is 5.96. The summed E-state index contributed by atoms with van der Waals surface area (Å²) < 4.78 is 0. The molecule has 0 aliphatic rings. The fraction of sp³-hybridized carbons (Fsp3) is 0.867. The second kappa shape index (κ2) is 9.75. The molecular formula is C15H31N3O2. The van der Waals surface area contributed by atoms with Crippen LogP contribution < -0.4 is 5.32 Å². The summed E-state index contributed by atoms with van der Waals surface area (Å²) >= 11 is 0. The summed E-state index contributed by atoms with van der Waals surface area (Å²) in [6.45, 7) is 10.6. The molecule has 0 aromatic heterocycles. The molecule has 0 aliphatic carbocycles. The van der Waals surface area contributed by atoms with Crippen molar-refractivity contribution in [3.8, 4) is 0 Å². The zero-order chi connectivity index (χ0) is 15.7. The first kappa shape index (κ1) is 18.9. The maximum atomic E-state index is 11.9. The van der Waals surface area contributed by atoms with Crippen LogP contribution in [0.5, 0.6) is 0 Å². The molecule has 0 aliphatic heterocycles. The van der Waals surface area contributed by atoms with Crippen LogP contribution >= 0.6 is 0 Å². The summed E-state index contributed by atoms with van der Waals surface area (Å²) in [5.74, 6) is 0.213. The maximum absolute atomic E-state index is 11.9. The summed E-state index contributed by atoms with van der Waals surface area (Å²) in [7, 11) is 3.51. The van der Waals surface area contributed by atoms with Crippen LogP contribution in [-0.2, 0) is 9.59 Å². The number of hydrogen-bond acceptors (Lipinski definition) is 3. The third-order valence-corrected chi connectivity index (χ3v) is 3.02. The Morgan fingerprint density at radius 1 is 1.00 bits per heavy atom. The van der Waals surface area contributed by atoms with E-state index in [4.69, 9.17) is 0 Å². The minimum absolute atomic E-state index is 0.0304. The number of carbonyl (C=O) groups is 2. The average Bonchev–Trinajstić information content (AvgIpc) is 2.32. The highest BCUT2D eigenvalue weighted by Crippen LogP contribution is 2.01. The molecule has 0 radical (unpaired) electrons. The van der Waals surface area contributed by atoms with Crippen LogP contribution in [0, 0.1) is 5.92 Å². The van der Waals surface area contributed by atoms with Crippen LogP contribution in [0.25, 0.3) is 0 Å². The molecule has 0 saturated carbocycles. The third kappa shape index (κ3) is 8.91. The molecule has 0 saturated heterocycles. The molecule has 0 rings (SSSR count). The van der Waals surface area contributed by atoms with E-state index in [0.29, 0.717) is 25.0 Å². The van der Waals surface area contributed by atoms with Gasteiger partial charge in [0.15, 0.2) is 0 Å². The van der Waals surface area contributed by atoms with Crippen LogP contribution in [0.3, 0.4) is 0 Å². The first-order chi connectivity index (χ1) is 9.23. The van der Waals surface area contributed by atoms with Gasteiger partial charge in [-0.2, -0.15) is 0 Å². The van der Waals surface area contributed by atoms with Gasteiger partial charge in [-0.25, -0.2) is 0 Å².